The molecule has 1 fully saturated rings. The van der Waals surface area contributed by atoms with E-state index in [1.54, 1.807) is 0 Å². The van der Waals surface area contributed by atoms with Crippen LogP contribution in [0.15, 0.2) is 0 Å². The fourth-order valence-electron chi connectivity index (χ4n) is 2.57. The van der Waals surface area contributed by atoms with Gasteiger partial charge in [-0.15, -0.1) is 0 Å². The van der Waals surface area contributed by atoms with Crippen LogP contribution in [0.5, 0.6) is 0 Å². The molecule has 1 rings (SSSR count). The standard InChI is InChI=1S/C14H29NS/c1-11(2)9-16-10-14(15-4)13-7-5-12(3)6-8-13/h11-15H,5-10H2,1-4H3. The molecule has 0 aromatic rings. The summed E-state index contributed by atoms with van der Waals surface area (Å²) in [5.74, 6) is 5.33. The lowest BCUT2D eigenvalue weighted by molar-refractivity contribution is 0.248. The van der Waals surface area contributed by atoms with Crippen LogP contribution in [0.4, 0.5) is 0 Å². The van der Waals surface area contributed by atoms with Crippen molar-refractivity contribution in [1.29, 1.82) is 0 Å². The SMILES string of the molecule is CNC(CSCC(C)C)C1CCC(C)CC1. The molecule has 0 spiro atoms. The van der Waals surface area contributed by atoms with Crippen LogP contribution in [-0.2, 0) is 0 Å². The second kappa shape index (κ2) is 7.60. The molecular formula is C14H29NS. The summed E-state index contributed by atoms with van der Waals surface area (Å²) >= 11 is 2.13. The molecule has 0 bridgehead atoms. The van der Waals surface area contributed by atoms with E-state index < -0.39 is 0 Å². The summed E-state index contributed by atoms with van der Waals surface area (Å²) in [4.78, 5) is 0. The van der Waals surface area contributed by atoms with E-state index in [1.165, 1.54) is 37.2 Å². The highest BCUT2D eigenvalue weighted by Crippen LogP contribution is 2.31. The van der Waals surface area contributed by atoms with Gasteiger partial charge in [0.15, 0.2) is 0 Å². The van der Waals surface area contributed by atoms with Gasteiger partial charge in [-0.3, -0.25) is 0 Å². The van der Waals surface area contributed by atoms with Crippen LogP contribution in [0.3, 0.4) is 0 Å². The lowest BCUT2D eigenvalue weighted by Crippen LogP contribution is -2.37. The molecule has 1 aliphatic rings. The minimum absolute atomic E-state index is 0.747. The van der Waals surface area contributed by atoms with Crippen molar-refractivity contribution in [2.24, 2.45) is 17.8 Å². The average Bonchev–Trinajstić information content (AvgIpc) is 2.26. The molecular weight excluding hydrogens is 214 g/mol. The Morgan fingerprint density at radius 2 is 1.75 bits per heavy atom. The normalized spacial score (nSPS) is 28.3. The zero-order valence-electron chi connectivity index (χ0n) is 11.5. The summed E-state index contributed by atoms with van der Waals surface area (Å²) in [5, 5.41) is 3.54. The van der Waals surface area contributed by atoms with Crippen molar-refractivity contribution in [3.8, 4) is 0 Å². The van der Waals surface area contributed by atoms with Gasteiger partial charge >= 0.3 is 0 Å². The highest BCUT2D eigenvalue weighted by atomic mass is 32.2. The van der Waals surface area contributed by atoms with E-state index in [0.29, 0.717) is 0 Å². The summed E-state index contributed by atoms with van der Waals surface area (Å²) in [7, 11) is 2.14. The molecule has 1 unspecified atom stereocenters. The number of hydrogen-bond donors (Lipinski definition) is 1. The second-order valence-electron chi connectivity index (χ2n) is 5.85. The number of thioether (sulfide) groups is 1. The summed E-state index contributed by atoms with van der Waals surface area (Å²) < 4.78 is 0. The average molecular weight is 243 g/mol. The van der Waals surface area contributed by atoms with E-state index in [4.69, 9.17) is 0 Å². The van der Waals surface area contributed by atoms with Crippen molar-refractivity contribution < 1.29 is 0 Å². The molecule has 0 radical (unpaired) electrons. The third kappa shape index (κ3) is 5.09. The maximum absolute atomic E-state index is 3.54. The first-order valence-corrected chi connectivity index (χ1v) is 8.04. The quantitative estimate of drug-likeness (QED) is 0.762. The van der Waals surface area contributed by atoms with Gasteiger partial charge in [0.05, 0.1) is 0 Å². The van der Waals surface area contributed by atoms with E-state index in [-0.39, 0.29) is 0 Å². The molecule has 1 saturated carbocycles. The molecule has 0 amide bonds. The van der Waals surface area contributed by atoms with Gasteiger partial charge in [-0.1, -0.05) is 33.6 Å². The molecule has 1 aliphatic carbocycles. The van der Waals surface area contributed by atoms with Crippen molar-refractivity contribution in [3.63, 3.8) is 0 Å². The molecule has 96 valence electrons. The molecule has 0 aliphatic heterocycles. The van der Waals surface area contributed by atoms with Gasteiger partial charge in [0, 0.05) is 11.8 Å². The lowest BCUT2D eigenvalue weighted by atomic mass is 9.80. The topological polar surface area (TPSA) is 12.0 Å². The summed E-state index contributed by atoms with van der Waals surface area (Å²) in [6.45, 7) is 7.02. The van der Waals surface area contributed by atoms with Crippen LogP contribution >= 0.6 is 11.8 Å². The second-order valence-corrected chi connectivity index (χ2v) is 6.92. The first-order valence-electron chi connectivity index (χ1n) is 6.88. The van der Waals surface area contributed by atoms with Crippen molar-refractivity contribution in [3.05, 3.63) is 0 Å². The molecule has 0 saturated heterocycles. The zero-order valence-corrected chi connectivity index (χ0v) is 12.3. The van der Waals surface area contributed by atoms with Gasteiger partial charge < -0.3 is 5.32 Å². The van der Waals surface area contributed by atoms with Crippen molar-refractivity contribution >= 4 is 11.8 Å². The molecule has 0 aromatic carbocycles. The minimum atomic E-state index is 0.747. The molecule has 0 heterocycles. The van der Waals surface area contributed by atoms with Crippen LogP contribution in [-0.4, -0.2) is 24.6 Å². The van der Waals surface area contributed by atoms with Gasteiger partial charge in [-0.2, -0.15) is 11.8 Å². The summed E-state index contributed by atoms with van der Waals surface area (Å²) in [6.07, 6.45) is 5.76. The first-order chi connectivity index (χ1) is 7.63. The third-order valence-electron chi connectivity index (χ3n) is 3.75. The largest absolute Gasteiger partial charge is 0.316 e. The molecule has 1 N–H and O–H groups in total. The van der Waals surface area contributed by atoms with Crippen LogP contribution in [0.1, 0.15) is 46.5 Å². The Bertz CT molecular complexity index is 174. The molecule has 0 aromatic heterocycles. The van der Waals surface area contributed by atoms with Crippen LogP contribution < -0.4 is 5.32 Å². The Labute approximate surface area is 106 Å². The van der Waals surface area contributed by atoms with Gasteiger partial charge in [0.1, 0.15) is 0 Å². The Kier molecular flexibility index (Phi) is 6.83. The summed E-state index contributed by atoms with van der Waals surface area (Å²) in [5.41, 5.74) is 0. The fraction of sp³-hybridized carbons (Fsp3) is 1.00. The van der Waals surface area contributed by atoms with Crippen LogP contribution in [0.25, 0.3) is 0 Å². The highest BCUT2D eigenvalue weighted by Gasteiger charge is 2.24. The maximum atomic E-state index is 3.54. The number of rotatable bonds is 6. The Hall–Kier alpha value is 0.310. The Morgan fingerprint density at radius 1 is 1.12 bits per heavy atom. The smallest absolute Gasteiger partial charge is 0.0183 e. The first kappa shape index (κ1) is 14.4. The molecule has 2 heteroatoms. The number of hydrogen-bond acceptors (Lipinski definition) is 2. The highest BCUT2D eigenvalue weighted by molar-refractivity contribution is 7.99. The monoisotopic (exact) mass is 243 g/mol. The molecule has 1 nitrogen and oxygen atoms in total. The van der Waals surface area contributed by atoms with E-state index >= 15 is 0 Å². The van der Waals surface area contributed by atoms with Crippen LogP contribution in [0, 0.1) is 17.8 Å². The summed E-state index contributed by atoms with van der Waals surface area (Å²) in [6, 6.07) is 0.747. The van der Waals surface area contributed by atoms with Crippen molar-refractivity contribution in [2.45, 2.75) is 52.5 Å². The van der Waals surface area contributed by atoms with E-state index in [2.05, 4.69) is 44.9 Å². The predicted molar refractivity (Wildman–Crippen MR) is 76.1 cm³/mol. The fourth-order valence-corrected chi connectivity index (χ4v) is 3.87. The third-order valence-corrected chi connectivity index (χ3v) is 5.25. The van der Waals surface area contributed by atoms with Gasteiger partial charge in [-0.05, 0) is 43.4 Å². The van der Waals surface area contributed by atoms with Crippen LogP contribution in [0.2, 0.25) is 0 Å². The van der Waals surface area contributed by atoms with Crippen molar-refractivity contribution in [2.75, 3.05) is 18.6 Å². The van der Waals surface area contributed by atoms with E-state index in [9.17, 15) is 0 Å². The van der Waals surface area contributed by atoms with Gasteiger partial charge in [0.2, 0.25) is 0 Å². The van der Waals surface area contributed by atoms with Gasteiger partial charge in [-0.25, -0.2) is 0 Å². The molecule has 1 atom stereocenters. The minimum Gasteiger partial charge on any atom is -0.316 e. The van der Waals surface area contributed by atoms with E-state index in [0.717, 1.165) is 23.8 Å². The Balaban J connectivity index is 2.24. The van der Waals surface area contributed by atoms with Crippen molar-refractivity contribution in [1.82, 2.24) is 5.32 Å². The van der Waals surface area contributed by atoms with E-state index in [1.807, 2.05) is 0 Å². The number of nitrogens with one attached hydrogen (secondary N) is 1. The van der Waals surface area contributed by atoms with Gasteiger partial charge in [0.25, 0.3) is 0 Å². The zero-order chi connectivity index (χ0) is 12.0. The molecule has 16 heavy (non-hydrogen) atoms. The Morgan fingerprint density at radius 3 is 2.25 bits per heavy atom. The lowest BCUT2D eigenvalue weighted by Gasteiger charge is -2.32. The maximum Gasteiger partial charge on any atom is 0.0183 e. The predicted octanol–water partition coefficient (Wildman–Crippen LogP) is 3.79.